The van der Waals surface area contributed by atoms with Crippen LogP contribution in [0, 0.1) is 0 Å². The Hall–Kier alpha value is -2.67. The Morgan fingerprint density at radius 1 is 1.28 bits per heavy atom. The van der Waals surface area contributed by atoms with Crippen molar-refractivity contribution < 1.29 is 14.3 Å². The van der Waals surface area contributed by atoms with Gasteiger partial charge in [0.2, 0.25) is 0 Å². The maximum absolute atomic E-state index is 12.3. The molecule has 25 heavy (non-hydrogen) atoms. The van der Waals surface area contributed by atoms with Crippen molar-refractivity contribution in [3.05, 3.63) is 51.2 Å². The number of H-pyrrole nitrogens is 1. The Balaban J connectivity index is 2.17. The van der Waals surface area contributed by atoms with Crippen LogP contribution in [0.2, 0.25) is 0 Å². The molecule has 1 heterocycles. The molecule has 0 bridgehead atoms. The van der Waals surface area contributed by atoms with Crippen LogP contribution in [0.4, 0.5) is 0 Å². The number of rotatable bonds is 4. The molecule has 0 atom stereocenters. The van der Waals surface area contributed by atoms with Gasteiger partial charge in [-0.15, -0.1) is 0 Å². The second kappa shape index (κ2) is 7.06. The van der Waals surface area contributed by atoms with Crippen LogP contribution in [0.25, 0.3) is 22.3 Å². The number of para-hydroxylation sites is 1. The normalized spacial score (nSPS) is 10.7. The summed E-state index contributed by atoms with van der Waals surface area (Å²) in [5, 5.41) is 0.520. The van der Waals surface area contributed by atoms with E-state index in [0.29, 0.717) is 44.9 Å². The summed E-state index contributed by atoms with van der Waals surface area (Å²) >= 11 is 3.39. The summed E-state index contributed by atoms with van der Waals surface area (Å²) in [6.07, 6.45) is 0. The van der Waals surface area contributed by atoms with Gasteiger partial charge in [0.15, 0.2) is 11.5 Å². The van der Waals surface area contributed by atoms with Crippen molar-refractivity contribution in [2.75, 3.05) is 6.61 Å². The first-order chi connectivity index (χ1) is 12.0. The monoisotopic (exact) mass is 402 g/mol. The number of carbonyl (C=O) groups is 1. The minimum atomic E-state index is -0.452. The Morgan fingerprint density at radius 2 is 2.04 bits per heavy atom. The summed E-state index contributed by atoms with van der Waals surface area (Å²) in [6, 6.07) is 10.5. The standard InChI is InChI=1S/C18H15BrN2O4/c1-3-24-15-9-11(8-13(19)16(15)25-10(2)22)17-20-14-7-5-4-6-12(14)18(23)21-17/h4-9H,3H2,1-2H3,(H,20,21,23). The smallest absolute Gasteiger partial charge is 0.308 e. The van der Waals surface area contributed by atoms with Gasteiger partial charge >= 0.3 is 5.97 Å². The molecule has 0 radical (unpaired) electrons. The third-order valence-corrected chi connectivity index (χ3v) is 4.03. The van der Waals surface area contributed by atoms with Crippen molar-refractivity contribution >= 4 is 32.8 Å². The number of hydrogen-bond acceptors (Lipinski definition) is 5. The van der Waals surface area contributed by atoms with Crippen molar-refractivity contribution in [1.29, 1.82) is 0 Å². The van der Waals surface area contributed by atoms with E-state index in [4.69, 9.17) is 9.47 Å². The number of carbonyl (C=O) groups excluding carboxylic acids is 1. The molecule has 0 saturated carbocycles. The summed E-state index contributed by atoms with van der Waals surface area (Å²) in [7, 11) is 0. The van der Waals surface area contributed by atoms with E-state index in [9.17, 15) is 9.59 Å². The summed E-state index contributed by atoms with van der Waals surface area (Å²) in [5.74, 6) is 0.630. The van der Waals surface area contributed by atoms with Crippen molar-refractivity contribution in [2.45, 2.75) is 13.8 Å². The topological polar surface area (TPSA) is 81.3 Å². The SMILES string of the molecule is CCOc1cc(-c2nc3ccccc3c(=O)[nH]2)cc(Br)c1OC(C)=O. The number of benzene rings is 2. The molecule has 0 aliphatic heterocycles. The van der Waals surface area contributed by atoms with Crippen molar-refractivity contribution in [2.24, 2.45) is 0 Å². The maximum Gasteiger partial charge on any atom is 0.308 e. The van der Waals surface area contributed by atoms with Crippen LogP contribution in [-0.4, -0.2) is 22.5 Å². The second-order valence-electron chi connectivity index (χ2n) is 5.24. The molecule has 0 aliphatic carbocycles. The lowest BCUT2D eigenvalue weighted by Gasteiger charge is -2.13. The molecule has 6 nitrogen and oxygen atoms in total. The van der Waals surface area contributed by atoms with E-state index in [1.165, 1.54) is 6.92 Å². The van der Waals surface area contributed by atoms with Crippen LogP contribution in [-0.2, 0) is 4.79 Å². The number of nitrogens with zero attached hydrogens (tertiary/aromatic N) is 1. The maximum atomic E-state index is 12.3. The molecule has 0 spiro atoms. The van der Waals surface area contributed by atoms with Crippen molar-refractivity contribution in [3.8, 4) is 22.9 Å². The first kappa shape index (κ1) is 17.2. The number of hydrogen-bond donors (Lipinski definition) is 1. The molecule has 1 aromatic heterocycles. The van der Waals surface area contributed by atoms with E-state index in [0.717, 1.165) is 0 Å². The highest BCUT2D eigenvalue weighted by Gasteiger charge is 2.16. The lowest BCUT2D eigenvalue weighted by atomic mass is 10.1. The number of halogens is 1. The molecule has 0 aliphatic rings. The Morgan fingerprint density at radius 3 is 2.76 bits per heavy atom. The predicted octanol–water partition coefficient (Wildman–Crippen LogP) is 3.68. The van der Waals surface area contributed by atoms with Crippen LogP contribution in [0.1, 0.15) is 13.8 Å². The summed E-state index contributed by atoms with van der Waals surface area (Å²) in [5.41, 5.74) is 1.01. The van der Waals surface area contributed by atoms with Gasteiger partial charge in [-0.05, 0) is 47.1 Å². The number of esters is 1. The number of fused-ring (bicyclic) bond motifs is 1. The fraction of sp³-hybridized carbons (Fsp3) is 0.167. The average Bonchev–Trinajstić information content (AvgIpc) is 2.57. The zero-order valence-corrected chi connectivity index (χ0v) is 15.2. The predicted molar refractivity (Wildman–Crippen MR) is 98.0 cm³/mol. The molecule has 7 heteroatoms. The molecule has 3 aromatic rings. The van der Waals surface area contributed by atoms with Crippen molar-refractivity contribution in [3.63, 3.8) is 0 Å². The third kappa shape index (κ3) is 3.56. The van der Waals surface area contributed by atoms with Gasteiger partial charge in [-0.2, -0.15) is 0 Å². The van der Waals surface area contributed by atoms with Gasteiger partial charge < -0.3 is 14.5 Å². The molecule has 0 amide bonds. The molecular formula is C18H15BrN2O4. The minimum absolute atomic E-state index is 0.223. The Bertz CT molecular complexity index is 1010. The fourth-order valence-corrected chi connectivity index (χ4v) is 2.96. The van der Waals surface area contributed by atoms with Gasteiger partial charge in [-0.25, -0.2) is 4.98 Å². The number of aromatic nitrogens is 2. The van der Waals surface area contributed by atoms with E-state index >= 15 is 0 Å². The quantitative estimate of drug-likeness (QED) is 0.531. The zero-order valence-electron chi connectivity index (χ0n) is 13.6. The van der Waals surface area contributed by atoms with Gasteiger partial charge in [0.1, 0.15) is 5.82 Å². The molecule has 0 unspecified atom stereocenters. The van der Waals surface area contributed by atoms with Gasteiger partial charge in [-0.1, -0.05) is 12.1 Å². The molecule has 3 rings (SSSR count). The first-order valence-electron chi connectivity index (χ1n) is 7.63. The van der Waals surface area contributed by atoms with E-state index in [2.05, 4.69) is 25.9 Å². The summed E-state index contributed by atoms with van der Waals surface area (Å²) in [4.78, 5) is 30.9. The highest BCUT2D eigenvalue weighted by atomic mass is 79.9. The van der Waals surface area contributed by atoms with Gasteiger partial charge in [0.25, 0.3) is 5.56 Å². The van der Waals surface area contributed by atoms with E-state index in [1.54, 1.807) is 30.3 Å². The van der Waals surface area contributed by atoms with Gasteiger partial charge in [0.05, 0.1) is 22.0 Å². The molecule has 1 N–H and O–H groups in total. The highest BCUT2D eigenvalue weighted by Crippen LogP contribution is 2.39. The minimum Gasteiger partial charge on any atom is -0.490 e. The highest BCUT2D eigenvalue weighted by molar-refractivity contribution is 9.10. The van der Waals surface area contributed by atoms with Gasteiger partial charge in [0, 0.05) is 12.5 Å². The molecule has 0 saturated heterocycles. The van der Waals surface area contributed by atoms with Crippen LogP contribution in [0.15, 0.2) is 45.7 Å². The van der Waals surface area contributed by atoms with E-state index in [-0.39, 0.29) is 5.56 Å². The Labute approximate surface area is 151 Å². The number of ether oxygens (including phenoxy) is 2. The van der Waals surface area contributed by atoms with Crippen LogP contribution in [0.5, 0.6) is 11.5 Å². The molecular weight excluding hydrogens is 388 g/mol. The van der Waals surface area contributed by atoms with Crippen molar-refractivity contribution in [1.82, 2.24) is 9.97 Å². The lowest BCUT2D eigenvalue weighted by molar-refractivity contribution is -0.132. The lowest BCUT2D eigenvalue weighted by Crippen LogP contribution is -2.10. The second-order valence-corrected chi connectivity index (χ2v) is 6.10. The third-order valence-electron chi connectivity index (χ3n) is 3.44. The van der Waals surface area contributed by atoms with Crippen LogP contribution < -0.4 is 15.0 Å². The molecule has 0 fully saturated rings. The fourth-order valence-electron chi connectivity index (χ4n) is 2.43. The van der Waals surface area contributed by atoms with Crippen LogP contribution in [0.3, 0.4) is 0 Å². The zero-order chi connectivity index (χ0) is 18.0. The number of aromatic amines is 1. The van der Waals surface area contributed by atoms with Crippen LogP contribution >= 0.6 is 15.9 Å². The summed E-state index contributed by atoms with van der Waals surface area (Å²) < 4.78 is 11.3. The van der Waals surface area contributed by atoms with E-state index in [1.807, 2.05) is 13.0 Å². The largest absolute Gasteiger partial charge is 0.490 e. The molecule has 2 aromatic carbocycles. The molecule has 128 valence electrons. The first-order valence-corrected chi connectivity index (χ1v) is 8.43. The average molecular weight is 403 g/mol. The van der Waals surface area contributed by atoms with E-state index < -0.39 is 5.97 Å². The Kier molecular flexibility index (Phi) is 4.85. The number of nitrogens with one attached hydrogen (secondary N) is 1. The summed E-state index contributed by atoms with van der Waals surface area (Å²) in [6.45, 7) is 3.54. The van der Waals surface area contributed by atoms with Gasteiger partial charge in [-0.3, -0.25) is 9.59 Å².